The van der Waals surface area contributed by atoms with Crippen LogP contribution in [0.2, 0.25) is 0 Å². The van der Waals surface area contributed by atoms with Gasteiger partial charge in [0.2, 0.25) is 5.91 Å². The number of phenolic OH excluding ortho intramolecular Hbond substituents is 1. The molecule has 1 amide bonds. The van der Waals surface area contributed by atoms with Gasteiger partial charge in [-0.2, -0.15) is 0 Å². The second kappa shape index (κ2) is 5.19. The number of aromatic hydroxyl groups is 1. The summed E-state index contributed by atoms with van der Waals surface area (Å²) in [5, 5.41) is 9.40. The lowest BCUT2D eigenvalue weighted by atomic mass is 9.86. The molecule has 17 heavy (non-hydrogen) atoms. The molecule has 0 radical (unpaired) electrons. The summed E-state index contributed by atoms with van der Waals surface area (Å²) in [5.74, 6) is 0.112. The Labute approximate surface area is 102 Å². The molecule has 0 aromatic heterocycles. The summed E-state index contributed by atoms with van der Waals surface area (Å²) in [6.45, 7) is 4.11. The van der Waals surface area contributed by atoms with E-state index in [-0.39, 0.29) is 11.7 Å². The fraction of sp³-hybridized carbons (Fsp3) is 0.462. The van der Waals surface area contributed by atoms with Gasteiger partial charge in [0, 0.05) is 25.3 Å². The van der Waals surface area contributed by atoms with Crippen molar-refractivity contribution in [3.05, 3.63) is 24.3 Å². The fourth-order valence-electron chi connectivity index (χ4n) is 1.61. The summed E-state index contributed by atoms with van der Waals surface area (Å²) in [6.07, 6.45) is 0.686. The molecule has 0 aliphatic carbocycles. The van der Waals surface area contributed by atoms with Gasteiger partial charge in [0.05, 0.1) is 5.41 Å². The fourth-order valence-corrected chi connectivity index (χ4v) is 1.61. The van der Waals surface area contributed by atoms with Crippen molar-refractivity contribution >= 4 is 11.6 Å². The molecule has 0 spiro atoms. The molecule has 0 aliphatic rings. The lowest BCUT2D eigenvalue weighted by molar-refractivity contribution is -0.126. The third kappa shape index (κ3) is 2.77. The lowest BCUT2D eigenvalue weighted by Crippen LogP contribution is -2.44. The number of nitrogens with zero attached hydrogens (tertiary/aromatic N) is 1. The predicted molar refractivity (Wildman–Crippen MR) is 69.0 cm³/mol. The number of anilines is 1. The number of carbonyl (C=O) groups excluding carboxylic acids is 1. The van der Waals surface area contributed by atoms with E-state index in [0.29, 0.717) is 18.7 Å². The zero-order valence-corrected chi connectivity index (χ0v) is 10.6. The van der Waals surface area contributed by atoms with Crippen LogP contribution in [-0.4, -0.2) is 24.6 Å². The van der Waals surface area contributed by atoms with Gasteiger partial charge in [-0.3, -0.25) is 4.79 Å². The third-order valence-electron chi connectivity index (χ3n) is 3.27. The molecule has 4 nitrogen and oxygen atoms in total. The molecule has 0 fully saturated rings. The minimum Gasteiger partial charge on any atom is -0.508 e. The van der Waals surface area contributed by atoms with Crippen LogP contribution in [0.15, 0.2) is 24.3 Å². The first-order valence-electron chi connectivity index (χ1n) is 5.72. The summed E-state index contributed by atoms with van der Waals surface area (Å²) in [4.78, 5) is 13.8. The van der Waals surface area contributed by atoms with Crippen molar-refractivity contribution in [1.82, 2.24) is 0 Å². The summed E-state index contributed by atoms with van der Waals surface area (Å²) in [6, 6.07) is 6.62. The van der Waals surface area contributed by atoms with E-state index in [1.165, 1.54) is 4.90 Å². The molecule has 1 aromatic carbocycles. The SMILES string of the molecule is CCC(C)(CN)C(=O)N(C)c1cccc(O)c1. The molecule has 1 atom stereocenters. The smallest absolute Gasteiger partial charge is 0.233 e. The van der Waals surface area contributed by atoms with Crippen molar-refractivity contribution in [2.24, 2.45) is 11.1 Å². The molecule has 1 rings (SSSR count). The van der Waals surface area contributed by atoms with Gasteiger partial charge in [0.15, 0.2) is 0 Å². The summed E-state index contributed by atoms with van der Waals surface area (Å²) in [7, 11) is 1.70. The molecule has 94 valence electrons. The van der Waals surface area contributed by atoms with Crippen molar-refractivity contribution in [3.8, 4) is 5.75 Å². The van der Waals surface area contributed by atoms with Crippen molar-refractivity contribution in [1.29, 1.82) is 0 Å². The largest absolute Gasteiger partial charge is 0.508 e. The molecule has 0 saturated carbocycles. The quantitative estimate of drug-likeness (QED) is 0.836. The second-order valence-corrected chi connectivity index (χ2v) is 4.50. The number of hydrogen-bond donors (Lipinski definition) is 2. The summed E-state index contributed by atoms with van der Waals surface area (Å²) >= 11 is 0. The van der Waals surface area contributed by atoms with E-state index >= 15 is 0 Å². The molecule has 4 heteroatoms. The van der Waals surface area contributed by atoms with Crippen molar-refractivity contribution < 1.29 is 9.90 Å². The first-order chi connectivity index (χ1) is 7.94. The van der Waals surface area contributed by atoms with E-state index in [4.69, 9.17) is 5.73 Å². The van der Waals surface area contributed by atoms with E-state index in [1.807, 2.05) is 13.8 Å². The number of hydrogen-bond acceptors (Lipinski definition) is 3. The van der Waals surface area contributed by atoms with E-state index in [9.17, 15) is 9.90 Å². The maximum absolute atomic E-state index is 12.3. The van der Waals surface area contributed by atoms with Gasteiger partial charge < -0.3 is 15.7 Å². The van der Waals surface area contributed by atoms with Crippen LogP contribution >= 0.6 is 0 Å². The van der Waals surface area contributed by atoms with Gasteiger partial charge in [-0.1, -0.05) is 13.0 Å². The van der Waals surface area contributed by atoms with Gasteiger partial charge in [-0.15, -0.1) is 0 Å². The molecular weight excluding hydrogens is 216 g/mol. The first-order valence-corrected chi connectivity index (χ1v) is 5.72. The van der Waals surface area contributed by atoms with Crippen LogP contribution in [-0.2, 0) is 4.79 Å². The lowest BCUT2D eigenvalue weighted by Gasteiger charge is -2.30. The van der Waals surface area contributed by atoms with Crippen LogP contribution < -0.4 is 10.6 Å². The van der Waals surface area contributed by atoms with Crippen LogP contribution in [0.25, 0.3) is 0 Å². The Hall–Kier alpha value is -1.55. The normalized spacial score (nSPS) is 14.1. The maximum Gasteiger partial charge on any atom is 0.233 e. The zero-order chi connectivity index (χ0) is 13.1. The highest BCUT2D eigenvalue weighted by molar-refractivity contribution is 5.97. The predicted octanol–water partition coefficient (Wildman–Crippen LogP) is 1.73. The Bertz CT molecular complexity index is 400. The Kier molecular flexibility index (Phi) is 4.12. The standard InChI is InChI=1S/C13H20N2O2/c1-4-13(2,9-14)12(17)15(3)10-6-5-7-11(16)8-10/h5-8,16H,4,9,14H2,1-3H3. The molecule has 0 saturated heterocycles. The molecule has 1 aromatic rings. The maximum atomic E-state index is 12.3. The summed E-state index contributed by atoms with van der Waals surface area (Å²) < 4.78 is 0. The average Bonchev–Trinajstić information content (AvgIpc) is 2.36. The monoisotopic (exact) mass is 236 g/mol. The second-order valence-electron chi connectivity index (χ2n) is 4.50. The molecule has 1 unspecified atom stereocenters. The van der Waals surface area contributed by atoms with Crippen LogP contribution in [0.1, 0.15) is 20.3 Å². The Morgan fingerprint density at radius 2 is 2.18 bits per heavy atom. The van der Waals surface area contributed by atoms with Crippen LogP contribution in [0.4, 0.5) is 5.69 Å². The molecular formula is C13H20N2O2. The topological polar surface area (TPSA) is 66.6 Å². The number of carbonyl (C=O) groups is 1. The third-order valence-corrected chi connectivity index (χ3v) is 3.27. The zero-order valence-electron chi connectivity index (χ0n) is 10.6. The van der Waals surface area contributed by atoms with Crippen molar-refractivity contribution in [2.45, 2.75) is 20.3 Å². The van der Waals surface area contributed by atoms with E-state index < -0.39 is 5.41 Å². The van der Waals surface area contributed by atoms with Crippen molar-refractivity contribution in [3.63, 3.8) is 0 Å². The highest BCUT2D eigenvalue weighted by atomic mass is 16.3. The van der Waals surface area contributed by atoms with E-state index in [0.717, 1.165) is 0 Å². The van der Waals surface area contributed by atoms with E-state index in [1.54, 1.807) is 31.3 Å². The van der Waals surface area contributed by atoms with Crippen LogP contribution in [0.3, 0.4) is 0 Å². The summed E-state index contributed by atoms with van der Waals surface area (Å²) in [5.41, 5.74) is 5.78. The van der Waals surface area contributed by atoms with Gasteiger partial charge >= 0.3 is 0 Å². The number of nitrogens with two attached hydrogens (primary N) is 1. The highest BCUT2D eigenvalue weighted by Gasteiger charge is 2.32. The van der Waals surface area contributed by atoms with Gasteiger partial charge in [0.1, 0.15) is 5.75 Å². The number of rotatable bonds is 4. The molecule has 0 aliphatic heterocycles. The minimum atomic E-state index is -0.555. The minimum absolute atomic E-state index is 0.0342. The van der Waals surface area contributed by atoms with Crippen LogP contribution in [0, 0.1) is 5.41 Å². The first kappa shape index (κ1) is 13.5. The van der Waals surface area contributed by atoms with Gasteiger partial charge in [0.25, 0.3) is 0 Å². The van der Waals surface area contributed by atoms with Crippen molar-refractivity contribution in [2.75, 3.05) is 18.5 Å². The Morgan fingerprint density at radius 1 is 1.53 bits per heavy atom. The molecule has 0 heterocycles. The molecule has 0 bridgehead atoms. The van der Waals surface area contributed by atoms with Gasteiger partial charge in [-0.05, 0) is 25.5 Å². The van der Waals surface area contributed by atoms with Crippen LogP contribution in [0.5, 0.6) is 5.75 Å². The van der Waals surface area contributed by atoms with E-state index in [2.05, 4.69) is 0 Å². The number of amides is 1. The Balaban J connectivity index is 2.97. The van der Waals surface area contributed by atoms with Gasteiger partial charge in [-0.25, -0.2) is 0 Å². The number of benzene rings is 1. The number of phenols is 1. The average molecular weight is 236 g/mol. The highest BCUT2D eigenvalue weighted by Crippen LogP contribution is 2.26. The molecule has 3 N–H and O–H groups in total. The Morgan fingerprint density at radius 3 is 2.65 bits per heavy atom.